The first-order valence-electron chi connectivity index (χ1n) is 11.0. The van der Waals surface area contributed by atoms with E-state index in [1.807, 2.05) is 41.3 Å². The van der Waals surface area contributed by atoms with E-state index in [0.29, 0.717) is 13.0 Å². The van der Waals surface area contributed by atoms with E-state index in [-0.39, 0.29) is 11.9 Å². The number of aromatic nitrogens is 1. The van der Waals surface area contributed by atoms with Crippen molar-refractivity contribution in [2.75, 3.05) is 26.2 Å². The molecule has 1 aliphatic rings. The second-order valence-electron chi connectivity index (χ2n) is 8.07. The first-order chi connectivity index (χ1) is 15.3. The largest absolute Gasteiger partial charge is 0.339 e. The van der Waals surface area contributed by atoms with E-state index >= 15 is 0 Å². The second-order valence-corrected chi connectivity index (χ2v) is 8.07. The van der Waals surface area contributed by atoms with Crippen molar-refractivity contribution in [2.24, 2.45) is 0 Å². The van der Waals surface area contributed by atoms with Crippen LogP contribution in [0.4, 0.5) is 0 Å². The molecule has 1 saturated heterocycles. The third-order valence-electron chi connectivity index (χ3n) is 5.82. The number of hydrogen-bond acceptors (Lipinski definition) is 4. The molecular formula is C26H30N4O. The van der Waals surface area contributed by atoms with Crippen LogP contribution in [-0.4, -0.2) is 52.9 Å². The topological polar surface area (TPSA) is 48.5 Å². The monoisotopic (exact) mass is 414 g/mol. The highest BCUT2D eigenvalue weighted by Crippen LogP contribution is 2.12. The summed E-state index contributed by atoms with van der Waals surface area (Å²) >= 11 is 0. The number of carbonyl (C=O) groups excluding carboxylic acids is 1. The third kappa shape index (κ3) is 6.23. The third-order valence-corrected chi connectivity index (χ3v) is 5.82. The molecule has 0 spiro atoms. The van der Waals surface area contributed by atoms with Gasteiger partial charge in [-0.2, -0.15) is 0 Å². The molecule has 0 unspecified atom stereocenters. The van der Waals surface area contributed by atoms with Crippen molar-refractivity contribution in [2.45, 2.75) is 25.6 Å². The second kappa shape index (κ2) is 10.8. The Morgan fingerprint density at radius 2 is 1.42 bits per heavy atom. The number of hydrogen-bond donors (Lipinski definition) is 1. The number of piperazine rings is 1. The maximum atomic E-state index is 13.4. The average molecular weight is 415 g/mol. The van der Waals surface area contributed by atoms with Gasteiger partial charge in [-0.15, -0.1) is 0 Å². The fraction of sp³-hybridized carbons (Fsp3) is 0.308. The van der Waals surface area contributed by atoms with Gasteiger partial charge in [-0.05, 0) is 35.2 Å². The predicted octanol–water partition coefficient (Wildman–Crippen LogP) is 3.13. The molecule has 31 heavy (non-hydrogen) atoms. The maximum absolute atomic E-state index is 13.4. The standard InChI is InChI=1S/C26H30N4O/c31-26(30-17-15-29(16-18-30)21-24-9-5-2-6-10-24)25(19-22-7-3-1-4-8-22)28-20-23-11-13-27-14-12-23/h1-14,25,28H,15-21H2/t25-/m0/s1. The molecule has 2 aromatic carbocycles. The lowest BCUT2D eigenvalue weighted by atomic mass is 10.0. The molecule has 0 aliphatic carbocycles. The summed E-state index contributed by atoms with van der Waals surface area (Å²) in [5.41, 5.74) is 3.63. The van der Waals surface area contributed by atoms with Crippen LogP contribution in [-0.2, 0) is 24.3 Å². The molecule has 1 fully saturated rings. The molecule has 1 aromatic heterocycles. The lowest BCUT2D eigenvalue weighted by Gasteiger charge is -2.36. The average Bonchev–Trinajstić information content (AvgIpc) is 2.84. The Morgan fingerprint density at radius 3 is 2.06 bits per heavy atom. The molecule has 1 N–H and O–H groups in total. The van der Waals surface area contributed by atoms with Gasteiger partial charge in [0.2, 0.25) is 5.91 Å². The molecule has 1 aliphatic heterocycles. The fourth-order valence-electron chi connectivity index (χ4n) is 4.03. The van der Waals surface area contributed by atoms with Crippen molar-refractivity contribution in [3.05, 3.63) is 102 Å². The van der Waals surface area contributed by atoms with Gasteiger partial charge in [0.1, 0.15) is 0 Å². The normalized spacial score (nSPS) is 15.5. The molecule has 0 bridgehead atoms. The zero-order chi connectivity index (χ0) is 21.3. The van der Waals surface area contributed by atoms with E-state index < -0.39 is 0 Å². The van der Waals surface area contributed by atoms with Crippen molar-refractivity contribution < 1.29 is 4.79 Å². The SMILES string of the molecule is O=C([C@H](Cc1ccccc1)NCc1ccncc1)N1CCN(Cc2ccccc2)CC1. The van der Waals surface area contributed by atoms with Crippen molar-refractivity contribution in [3.8, 4) is 0 Å². The van der Waals surface area contributed by atoms with Crippen molar-refractivity contribution >= 4 is 5.91 Å². The summed E-state index contributed by atoms with van der Waals surface area (Å²) in [5.74, 6) is 0.192. The minimum Gasteiger partial charge on any atom is -0.339 e. The number of pyridine rings is 1. The zero-order valence-electron chi connectivity index (χ0n) is 17.9. The number of rotatable bonds is 8. The van der Waals surface area contributed by atoms with Crippen LogP contribution >= 0.6 is 0 Å². The highest BCUT2D eigenvalue weighted by molar-refractivity contribution is 5.82. The molecule has 160 valence electrons. The van der Waals surface area contributed by atoms with Crippen molar-refractivity contribution in [1.29, 1.82) is 0 Å². The fourth-order valence-corrected chi connectivity index (χ4v) is 4.03. The van der Waals surface area contributed by atoms with Gasteiger partial charge in [-0.25, -0.2) is 0 Å². The molecule has 5 heteroatoms. The smallest absolute Gasteiger partial charge is 0.240 e. The summed E-state index contributed by atoms with van der Waals surface area (Å²) in [6.45, 7) is 4.95. The van der Waals surface area contributed by atoms with Gasteiger partial charge < -0.3 is 10.2 Å². The predicted molar refractivity (Wildman–Crippen MR) is 123 cm³/mol. The Kier molecular flexibility index (Phi) is 7.42. The lowest BCUT2D eigenvalue weighted by molar-refractivity contribution is -0.135. The van der Waals surface area contributed by atoms with Gasteiger partial charge in [0.15, 0.2) is 0 Å². The summed E-state index contributed by atoms with van der Waals surface area (Å²) in [4.78, 5) is 21.9. The number of amides is 1. The Labute approximate surface area is 184 Å². The van der Waals surface area contributed by atoms with E-state index in [1.165, 1.54) is 11.1 Å². The van der Waals surface area contributed by atoms with Crippen molar-refractivity contribution in [3.63, 3.8) is 0 Å². The molecule has 2 heterocycles. The van der Waals surface area contributed by atoms with Crippen LogP contribution in [0.2, 0.25) is 0 Å². The minimum absolute atomic E-state index is 0.192. The Bertz CT molecular complexity index is 925. The summed E-state index contributed by atoms with van der Waals surface area (Å²) in [6, 6.07) is 24.5. The summed E-state index contributed by atoms with van der Waals surface area (Å²) in [7, 11) is 0. The zero-order valence-corrected chi connectivity index (χ0v) is 17.9. The van der Waals surface area contributed by atoms with Crippen LogP contribution in [0.15, 0.2) is 85.2 Å². The van der Waals surface area contributed by atoms with Crippen LogP contribution in [0.3, 0.4) is 0 Å². The van der Waals surface area contributed by atoms with E-state index in [2.05, 4.69) is 51.6 Å². The number of benzene rings is 2. The van der Waals surface area contributed by atoms with Crippen molar-refractivity contribution in [1.82, 2.24) is 20.1 Å². The highest BCUT2D eigenvalue weighted by Gasteiger charge is 2.27. The molecule has 1 atom stereocenters. The number of carbonyl (C=O) groups is 1. The van der Waals surface area contributed by atoms with Crippen LogP contribution in [0, 0.1) is 0 Å². The highest BCUT2D eigenvalue weighted by atomic mass is 16.2. The van der Waals surface area contributed by atoms with Gasteiger partial charge in [-0.1, -0.05) is 60.7 Å². The minimum atomic E-state index is -0.240. The van der Waals surface area contributed by atoms with Crippen LogP contribution in [0.25, 0.3) is 0 Å². The summed E-state index contributed by atoms with van der Waals surface area (Å²) in [5, 5.41) is 3.50. The maximum Gasteiger partial charge on any atom is 0.240 e. The van der Waals surface area contributed by atoms with Gasteiger partial charge in [0.05, 0.1) is 6.04 Å². The van der Waals surface area contributed by atoms with Gasteiger partial charge in [-0.3, -0.25) is 14.7 Å². The summed E-state index contributed by atoms with van der Waals surface area (Å²) < 4.78 is 0. The van der Waals surface area contributed by atoms with Gasteiger partial charge >= 0.3 is 0 Å². The van der Waals surface area contributed by atoms with Gasteiger partial charge in [0.25, 0.3) is 0 Å². The van der Waals surface area contributed by atoms with Gasteiger partial charge in [0, 0.05) is 51.7 Å². The molecule has 5 nitrogen and oxygen atoms in total. The Morgan fingerprint density at radius 1 is 0.806 bits per heavy atom. The van der Waals surface area contributed by atoms with E-state index in [0.717, 1.165) is 38.3 Å². The molecule has 0 saturated carbocycles. The Balaban J connectivity index is 1.36. The first-order valence-corrected chi connectivity index (χ1v) is 11.0. The number of nitrogens with zero attached hydrogens (tertiary/aromatic N) is 3. The van der Waals surface area contributed by atoms with E-state index in [9.17, 15) is 4.79 Å². The molecule has 0 radical (unpaired) electrons. The molecule has 4 rings (SSSR count). The van der Waals surface area contributed by atoms with Crippen LogP contribution < -0.4 is 5.32 Å². The molecule has 3 aromatic rings. The lowest BCUT2D eigenvalue weighted by Crippen LogP contribution is -2.54. The van der Waals surface area contributed by atoms with Crippen LogP contribution in [0.1, 0.15) is 16.7 Å². The van der Waals surface area contributed by atoms with E-state index in [1.54, 1.807) is 12.4 Å². The quantitative estimate of drug-likeness (QED) is 0.615. The molecular weight excluding hydrogens is 384 g/mol. The Hall–Kier alpha value is -3.02. The van der Waals surface area contributed by atoms with Crippen LogP contribution in [0.5, 0.6) is 0 Å². The summed E-state index contributed by atoms with van der Waals surface area (Å²) in [6.07, 6.45) is 4.27. The first kappa shape index (κ1) is 21.2. The van der Waals surface area contributed by atoms with E-state index in [4.69, 9.17) is 0 Å². The number of nitrogens with one attached hydrogen (secondary N) is 1. The molecule has 1 amide bonds.